The molecule has 3 nitrogen and oxygen atoms in total. The van der Waals surface area contributed by atoms with E-state index in [4.69, 9.17) is 11.4 Å². The van der Waals surface area contributed by atoms with Crippen LogP contribution in [0.3, 0.4) is 0 Å². The highest BCUT2D eigenvalue weighted by molar-refractivity contribution is 6.58. The Bertz CT molecular complexity index is 475. The third kappa shape index (κ3) is 1.54. The summed E-state index contributed by atoms with van der Waals surface area (Å²) in [7, 11) is -1.64. The van der Waals surface area contributed by atoms with Gasteiger partial charge in [0.25, 0.3) is 0 Å². The highest BCUT2D eigenvalue weighted by Gasteiger charge is 2.10. The number of para-hydroxylation sites is 1. The molecule has 64 valence electrons. The molecular weight excluding hydrogens is 165 g/mol. The van der Waals surface area contributed by atoms with Crippen LogP contribution in [0.1, 0.15) is 1.37 Å². The molecule has 0 unspecified atom stereocenters. The van der Waals surface area contributed by atoms with Crippen LogP contribution < -0.4 is 5.46 Å². The average molecular weight is 174 g/mol. The van der Waals surface area contributed by atoms with Crippen molar-refractivity contribution < 1.29 is 11.4 Å². The molecule has 2 aromatic rings. The quantitative estimate of drug-likeness (QED) is 0.594. The van der Waals surface area contributed by atoms with Gasteiger partial charge in [-0.15, -0.1) is 0 Å². The summed E-state index contributed by atoms with van der Waals surface area (Å²) in [5, 5.41) is 18.7. The van der Waals surface area contributed by atoms with E-state index in [1.165, 1.54) is 0 Å². The van der Waals surface area contributed by atoms with Gasteiger partial charge in [-0.25, -0.2) is 0 Å². The van der Waals surface area contributed by atoms with E-state index in [1.54, 1.807) is 12.1 Å². The van der Waals surface area contributed by atoms with Gasteiger partial charge in [0.05, 0.1) is 6.89 Å². The monoisotopic (exact) mass is 174 g/mol. The van der Waals surface area contributed by atoms with Crippen LogP contribution in [-0.4, -0.2) is 22.2 Å². The summed E-state index contributed by atoms with van der Waals surface area (Å²) < 4.78 is 7.45. The molecule has 0 amide bonds. The third-order valence-corrected chi connectivity index (χ3v) is 1.83. The zero-order valence-corrected chi connectivity index (χ0v) is 6.81. The summed E-state index contributed by atoms with van der Waals surface area (Å²) in [4.78, 5) is 3.94. The first-order valence-electron chi connectivity index (χ1n) is 4.41. The van der Waals surface area contributed by atoms with Gasteiger partial charge in [-0.3, -0.25) is 4.98 Å². The summed E-state index contributed by atoms with van der Waals surface area (Å²) in [6, 6.07) is 8.81. The van der Waals surface area contributed by atoms with Crippen molar-refractivity contribution >= 4 is 23.5 Å². The minimum absolute atomic E-state index is 0.0984. The van der Waals surface area contributed by atoms with Crippen LogP contribution in [0.5, 0.6) is 0 Å². The van der Waals surface area contributed by atoms with Gasteiger partial charge >= 0.3 is 7.12 Å². The smallest absolute Gasteiger partial charge is 0.423 e. The van der Waals surface area contributed by atoms with E-state index in [0.29, 0.717) is 5.52 Å². The number of hydrogen-bond acceptors (Lipinski definition) is 3. The molecule has 0 aliphatic carbocycles. The molecule has 0 radical (unpaired) electrons. The summed E-state index contributed by atoms with van der Waals surface area (Å²) in [6.45, 7) is 0. The lowest BCUT2D eigenvalue weighted by molar-refractivity contribution is 0.425. The average Bonchev–Trinajstić information content (AvgIpc) is 2.16. The topological polar surface area (TPSA) is 53.4 Å². The van der Waals surface area contributed by atoms with Crippen molar-refractivity contribution in [1.29, 1.82) is 0 Å². The summed E-state index contributed by atoms with van der Waals surface area (Å²) in [6.07, 6.45) is -0.0984. The van der Waals surface area contributed by atoms with Gasteiger partial charge in [0, 0.05) is 11.6 Å². The minimum atomic E-state index is -1.64. The predicted molar refractivity (Wildman–Crippen MR) is 51.6 cm³/mol. The molecule has 4 heteroatoms. The lowest BCUT2D eigenvalue weighted by Crippen LogP contribution is -2.29. The summed E-state index contributed by atoms with van der Waals surface area (Å²) in [5.41, 5.74) is 0.811. The van der Waals surface area contributed by atoms with Gasteiger partial charge in [0.15, 0.2) is 0 Å². The fourth-order valence-electron chi connectivity index (χ4n) is 1.17. The molecule has 1 aromatic heterocycles. The molecule has 0 aliphatic rings. The normalized spacial score (nSPS) is 11.4. The highest BCUT2D eigenvalue weighted by Crippen LogP contribution is 2.07. The SMILES string of the molecule is [2H]c1nc2ccccc2cc1B(O)O. The number of hydrogen-bond donors (Lipinski definition) is 2. The molecule has 0 fully saturated rings. The first kappa shape index (κ1) is 7.06. The van der Waals surface area contributed by atoms with Crippen LogP contribution in [0.4, 0.5) is 0 Å². The van der Waals surface area contributed by atoms with Crippen molar-refractivity contribution in [2.75, 3.05) is 0 Å². The lowest BCUT2D eigenvalue weighted by Gasteiger charge is -2.00. The predicted octanol–water partition coefficient (Wildman–Crippen LogP) is -0.0854. The van der Waals surface area contributed by atoms with Crippen LogP contribution in [0.2, 0.25) is 0 Å². The van der Waals surface area contributed by atoms with Crippen LogP contribution >= 0.6 is 0 Å². The van der Waals surface area contributed by atoms with Crippen LogP contribution in [0.25, 0.3) is 10.9 Å². The first-order chi connectivity index (χ1) is 6.68. The molecule has 2 N–H and O–H groups in total. The Hall–Kier alpha value is -1.39. The second-order valence-electron chi connectivity index (χ2n) is 2.76. The zero-order valence-electron chi connectivity index (χ0n) is 7.81. The number of rotatable bonds is 1. The van der Waals surface area contributed by atoms with Crippen LogP contribution in [0, 0.1) is 0 Å². The number of nitrogens with zero attached hydrogens (tertiary/aromatic N) is 1. The van der Waals surface area contributed by atoms with Crippen molar-refractivity contribution in [3.05, 3.63) is 36.5 Å². The van der Waals surface area contributed by atoms with Gasteiger partial charge in [-0.1, -0.05) is 24.3 Å². The molecule has 13 heavy (non-hydrogen) atoms. The summed E-state index contributed by atoms with van der Waals surface area (Å²) >= 11 is 0. The lowest BCUT2D eigenvalue weighted by atomic mass is 9.81. The molecule has 1 aromatic carbocycles. The fourth-order valence-corrected chi connectivity index (χ4v) is 1.17. The fraction of sp³-hybridized carbons (Fsp3) is 0. The summed E-state index contributed by atoms with van der Waals surface area (Å²) in [5.74, 6) is 0. The Balaban J connectivity index is 2.71. The first-order valence-corrected chi connectivity index (χ1v) is 3.91. The van der Waals surface area contributed by atoms with Crippen molar-refractivity contribution in [3.8, 4) is 0 Å². The Kier molecular flexibility index (Phi) is 1.72. The van der Waals surface area contributed by atoms with Crippen LogP contribution in [-0.2, 0) is 0 Å². The zero-order chi connectivity index (χ0) is 10.1. The van der Waals surface area contributed by atoms with Gasteiger partial charge < -0.3 is 10.0 Å². The molecule has 2 rings (SSSR count). The van der Waals surface area contributed by atoms with E-state index < -0.39 is 7.12 Å². The van der Waals surface area contributed by atoms with Gasteiger partial charge in [0.1, 0.15) is 0 Å². The third-order valence-electron chi connectivity index (χ3n) is 1.83. The minimum Gasteiger partial charge on any atom is -0.423 e. The maximum absolute atomic E-state index is 8.96. The molecule has 0 aliphatic heterocycles. The Morgan fingerprint density at radius 1 is 1.31 bits per heavy atom. The number of fused-ring (bicyclic) bond motifs is 1. The van der Waals surface area contributed by atoms with Crippen molar-refractivity contribution in [3.63, 3.8) is 0 Å². The van der Waals surface area contributed by atoms with Crippen LogP contribution in [0.15, 0.2) is 36.5 Å². The van der Waals surface area contributed by atoms with Crippen molar-refractivity contribution in [2.24, 2.45) is 0 Å². The van der Waals surface area contributed by atoms with E-state index in [0.717, 1.165) is 5.39 Å². The van der Waals surface area contributed by atoms with Gasteiger partial charge in [-0.05, 0) is 11.5 Å². The Morgan fingerprint density at radius 3 is 2.85 bits per heavy atom. The number of aromatic nitrogens is 1. The maximum Gasteiger partial charge on any atom is 0.490 e. The molecule has 0 atom stereocenters. The second kappa shape index (κ2) is 3.16. The largest absolute Gasteiger partial charge is 0.490 e. The van der Waals surface area contributed by atoms with E-state index in [-0.39, 0.29) is 11.6 Å². The number of pyridine rings is 1. The second-order valence-corrected chi connectivity index (χ2v) is 2.76. The molecule has 0 spiro atoms. The van der Waals surface area contributed by atoms with E-state index in [1.807, 2.05) is 18.2 Å². The molecular formula is C9H8BNO2. The maximum atomic E-state index is 8.96. The molecule has 1 heterocycles. The standard InChI is InChI=1S/C9H8BNO2/c12-10(13)8-5-7-3-1-2-4-9(7)11-6-8/h1-6,12-13H/i6D. The number of benzene rings is 1. The molecule has 0 bridgehead atoms. The van der Waals surface area contributed by atoms with Crippen molar-refractivity contribution in [2.45, 2.75) is 0 Å². The van der Waals surface area contributed by atoms with E-state index >= 15 is 0 Å². The van der Waals surface area contributed by atoms with E-state index in [9.17, 15) is 0 Å². The Morgan fingerprint density at radius 2 is 2.08 bits per heavy atom. The van der Waals surface area contributed by atoms with E-state index in [2.05, 4.69) is 4.98 Å². The molecule has 0 saturated carbocycles. The highest BCUT2D eigenvalue weighted by atomic mass is 16.4. The van der Waals surface area contributed by atoms with Gasteiger partial charge in [0.2, 0.25) is 0 Å². The Labute approximate surface area is 77.2 Å². The molecule has 0 saturated heterocycles. The van der Waals surface area contributed by atoms with Crippen molar-refractivity contribution in [1.82, 2.24) is 4.98 Å². The van der Waals surface area contributed by atoms with Gasteiger partial charge in [-0.2, -0.15) is 0 Å².